The van der Waals surface area contributed by atoms with Crippen LogP contribution >= 0.6 is 15.9 Å². The summed E-state index contributed by atoms with van der Waals surface area (Å²) in [6.45, 7) is 4.41. The Morgan fingerprint density at radius 3 is 2.05 bits per heavy atom. The normalized spacial score (nSPS) is 24.4. The van der Waals surface area contributed by atoms with Crippen molar-refractivity contribution in [1.29, 1.82) is 0 Å². The van der Waals surface area contributed by atoms with Crippen LogP contribution in [0, 0.1) is 11.8 Å². The SMILES string of the molecule is Brc1cnc(N2C[C@H]3CN(c4ccccc4)C[C@H]3C2)nc1. The molecule has 0 bridgehead atoms. The van der Waals surface area contributed by atoms with Gasteiger partial charge in [0, 0.05) is 56.1 Å². The number of hydrogen-bond acceptors (Lipinski definition) is 4. The molecule has 0 unspecified atom stereocenters. The molecule has 2 atom stereocenters. The minimum atomic E-state index is 0.720. The number of rotatable bonds is 2. The van der Waals surface area contributed by atoms with Gasteiger partial charge in [-0.3, -0.25) is 0 Å². The Kier molecular flexibility index (Phi) is 3.30. The zero-order chi connectivity index (χ0) is 14.2. The first-order chi connectivity index (χ1) is 10.3. The molecule has 2 fully saturated rings. The molecular weight excluding hydrogens is 328 g/mol. The molecule has 0 aliphatic carbocycles. The van der Waals surface area contributed by atoms with Crippen molar-refractivity contribution < 1.29 is 0 Å². The quantitative estimate of drug-likeness (QED) is 0.838. The largest absolute Gasteiger partial charge is 0.371 e. The van der Waals surface area contributed by atoms with E-state index in [9.17, 15) is 0 Å². The maximum absolute atomic E-state index is 4.42. The van der Waals surface area contributed by atoms with Crippen LogP contribution in [-0.4, -0.2) is 36.1 Å². The molecule has 4 nitrogen and oxygen atoms in total. The molecule has 2 aliphatic heterocycles. The van der Waals surface area contributed by atoms with Gasteiger partial charge < -0.3 is 9.80 Å². The van der Waals surface area contributed by atoms with Gasteiger partial charge in [-0.25, -0.2) is 9.97 Å². The Morgan fingerprint density at radius 1 is 0.857 bits per heavy atom. The average molecular weight is 345 g/mol. The van der Waals surface area contributed by atoms with Crippen LogP contribution in [0.1, 0.15) is 0 Å². The van der Waals surface area contributed by atoms with Gasteiger partial charge in [0.15, 0.2) is 0 Å². The molecule has 0 N–H and O–H groups in total. The Hall–Kier alpha value is -1.62. The molecule has 108 valence electrons. The van der Waals surface area contributed by atoms with E-state index in [0.29, 0.717) is 0 Å². The third-order valence-electron chi connectivity index (χ3n) is 4.50. The van der Waals surface area contributed by atoms with Crippen molar-refractivity contribution in [1.82, 2.24) is 9.97 Å². The summed E-state index contributed by atoms with van der Waals surface area (Å²) in [5, 5.41) is 0. The van der Waals surface area contributed by atoms with Gasteiger partial charge in [-0.2, -0.15) is 0 Å². The van der Waals surface area contributed by atoms with E-state index in [1.54, 1.807) is 0 Å². The summed E-state index contributed by atoms with van der Waals surface area (Å²) < 4.78 is 0.931. The summed E-state index contributed by atoms with van der Waals surface area (Å²) in [6.07, 6.45) is 3.65. The Labute approximate surface area is 132 Å². The summed E-state index contributed by atoms with van der Waals surface area (Å²) in [7, 11) is 0. The van der Waals surface area contributed by atoms with Gasteiger partial charge in [-0.1, -0.05) is 18.2 Å². The molecule has 0 radical (unpaired) electrons. The number of benzene rings is 1. The first-order valence-corrected chi connectivity index (χ1v) is 8.11. The van der Waals surface area contributed by atoms with E-state index in [-0.39, 0.29) is 0 Å². The zero-order valence-corrected chi connectivity index (χ0v) is 13.3. The predicted octanol–water partition coefficient (Wildman–Crippen LogP) is 2.81. The van der Waals surface area contributed by atoms with Crippen LogP contribution in [-0.2, 0) is 0 Å². The predicted molar refractivity (Wildman–Crippen MR) is 87.6 cm³/mol. The average Bonchev–Trinajstić information content (AvgIpc) is 3.07. The van der Waals surface area contributed by atoms with Crippen molar-refractivity contribution in [3.63, 3.8) is 0 Å². The minimum Gasteiger partial charge on any atom is -0.371 e. The molecule has 0 amide bonds. The van der Waals surface area contributed by atoms with E-state index in [1.165, 1.54) is 5.69 Å². The number of aromatic nitrogens is 2. The van der Waals surface area contributed by atoms with E-state index in [2.05, 4.69) is 66.0 Å². The Bertz CT molecular complexity index is 602. The van der Waals surface area contributed by atoms with Crippen molar-refractivity contribution in [3.05, 3.63) is 47.2 Å². The topological polar surface area (TPSA) is 32.3 Å². The van der Waals surface area contributed by atoms with Crippen molar-refractivity contribution in [3.8, 4) is 0 Å². The lowest BCUT2D eigenvalue weighted by Gasteiger charge is -2.23. The molecule has 2 saturated heterocycles. The van der Waals surface area contributed by atoms with Gasteiger partial charge in [0.25, 0.3) is 0 Å². The Morgan fingerprint density at radius 2 is 1.43 bits per heavy atom. The third kappa shape index (κ3) is 2.50. The maximum Gasteiger partial charge on any atom is 0.225 e. The highest BCUT2D eigenvalue weighted by molar-refractivity contribution is 9.10. The van der Waals surface area contributed by atoms with E-state index < -0.39 is 0 Å². The highest BCUT2D eigenvalue weighted by atomic mass is 79.9. The van der Waals surface area contributed by atoms with Crippen LogP contribution in [0.3, 0.4) is 0 Å². The van der Waals surface area contributed by atoms with Crippen molar-refractivity contribution >= 4 is 27.6 Å². The molecular formula is C16H17BrN4. The standard InChI is InChI=1S/C16H17BrN4/c17-14-6-18-16(19-7-14)21-10-12-8-20(9-13(12)11-21)15-4-2-1-3-5-15/h1-7,12-13H,8-11H2/t12-,13+. The number of fused-ring (bicyclic) bond motifs is 1. The molecule has 5 heteroatoms. The van der Waals surface area contributed by atoms with Crippen molar-refractivity contribution in [2.24, 2.45) is 11.8 Å². The first-order valence-electron chi connectivity index (χ1n) is 7.32. The molecule has 21 heavy (non-hydrogen) atoms. The first kappa shape index (κ1) is 13.1. The molecule has 4 rings (SSSR count). The minimum absolute atomic E-state index is 0.720. The number of halogens is 1. The van der Waals surface area contributed by atoms with Gasteiger partial charge in [-0.05, 0) is 28.1 Å². The Balaban J connectivity index is 1.45. The summed E-state index contributed by atoms with van der Waals surface area (Å²) in [6, 6.07) is 10.7. The molecule has 2 aliphatic rings. The van der Waals surface area contributed by atoms with E-state index >= 15 is 0 Å². The highest BCUT2D eigenvalue weighted by Crippen LogP contribution is 2.35. The van der Waals surface area contributed by atoms with Crippen LogP contribution < -0.4 is 9.80 Å². The molecule has 1 aromatic heterocycles. The lowest BCUT2D eigenvalue weighted by Crippen LogP contribution is -2.29. The molecule has 0 spiro atoms. The third-order valence-corrected chi connectivity index (χ3v) is 4.91. The number of para-hydroxylation sites is 1. The monoisotopic (exact) mass is 344 g/mol. The second kappa shape index (κ2) is 5.30. The molecule has 3 heterocycles. The highest BCUT2D eigenvalue weighted by Gasteiger charge is 2.40. The van der Waals surface area contributed by atoms with E-state index in [0.717, 1.165) is 48.4 Å². The smallest absolute Gasteiger partial charge is 0.225 e. The van der Waals surface area contributed by atoms with Crippen LogP contribution in [0.15, 0.2) is 47.2 Å². The summed E-state index contributed by atoms with van der Waals surface area (Å²) in [5.74, 6) is 2.30. The van der Waals surface area contributed by atoms with Crippen molar-refractivity contribution in [2.45, 2.75) is 0 Å². The fourth-order valence-corrected chi connectivity index (χ4v) is 3.68. The molecule has 0 saturated carbocycles. The van der Waals surface area contributed by atoms with Gasteiger partial charge in [0.05, 0.1) is 4.47 Å². The van der Waals surface area contributed by atoms with Gasteiger partial charge >= 0.3 is 0 Å². The van der Waals surface area contributed by atoms with Crippen LogP contribution in [0.25, 0.3) is 0 Å². The van der Waals surface area contributed by atoms with E-state index in [4.69, 9.17) is 0 Å². The summed E-state index contributed by atoms with van der Waals surface area (Å²) in [5.41, 5.74) is 1.35. The second-order valence-corrected chi connectivity index (χ2v) is 6.78. The number of nitrogens with zero attached hydrogens (tertiary/aromatic N) is 4. The second-order valence-electron chi connectivity index (χ2n) is 5.87. The van der Waals surface area contributed by atoms with Gasteiger partial charge in [0.1, 0.15) is 0 Å². The van der Waals surface area contributed by atoms with Gasteiger partial charge in [-0.15, -0.1) is 0 Å². The fraction of sp³-hybridized carbons (Fsp3) is 0.375. The van der Waals surface area contributed by atoms with E-state index in [1.807, 2.05) is 12.4 Å². The molecule has 2 aromatic rings. The van der Waals surface area contributed by atoms with Crippen molar-refractivity contribution in [2.75, 3.05) is 36.0 Å². The van der Waals surface area contributed by atoms with Gasteiger partial charge in [0.2, 0.25) is 5.95 Å². The van der Waals surface area contributed by atoms with Crippen LogP contribution in [0.4, 0.5) is 11.6 Å². The lowest BCUT2D eigenvalue weighted by atomic mass is 10.0. The van der Waals surface area contributed by atoms with Crippen LogP contribution in [0.5, 0.6) is 0 Å². The number of anilines is 2. The zero-order valence-electron chi connectivity index (χ0n) is 11.7. The lowest BCUT2D eigenvalue weighted by molar-refractivity contribution is 0.533. The fourth-order valence-electron chi connectivity index (χ4n) is 3.47. The summed E-state index contributed by atoms with van der Waals surface area (Å²) >= 11 is 3.39. The maximum atomic E-state index is 4.42. The van der Waals surface area contributed by atoms with Crippen LogP contribution in [0.2, 0.25) is 0 Å². The summed E-state index contributed by atoms with van der Waals surface area (Å²) in [4.78, 5) is 13.7. The number of hydrogen-bond donors (Lipinski definition) is 0. The molecule has 1 aromatic carbocycles.